The van der Waals surface area contributed by atoms with Crippen molar-refractivity contribution in [2.75, 3.05) is 0 Å². The number of rotatable bonds is 1. The van der Waals surface area contributed by atoms with Gasteiger partial charge in [-0.25, -0.2) is 0 Å². The second-order valence-corrected chi connectivity index (χ2v) is 13.8. The van der Waals surface area contributed by atoms with E-state index >= 15 is 0 Å². The van der Waals surface area contributed by atoms with Gasteiger partial charge in [-0.1, -0.05) is 58.9 Å². The number of hydrogen-bond acceptors (Lipinski definition) is 1. The van der Waals surface area contributed by atoms with Gasteiger partial charge in [-0.3, -0.25) is 0 Å². The summed E-state index contributed by atoms with van der Waals surface area (Å²) in [5.74, 6) is 3.79. The van der Waals surface area contributed by atoms with Gasteiger partial charge in [-0.2, -0.15) is 0 Å². The van der Waals surface area contributed by atoms with Crippen LogP contribution in [0, 0.1) is 51.2 Å². The number of hydrogen-bond donors (Lipinski definition) is 1. The van der Waals surface area contributed by atoms with Crippen molar-refractivity contribution in [2.24, 2.45) is 57.0 Å². The quantitative estimate of drug-likeness (QED) is 0.445. The lowest BCUT2D eigenvalue weighted by atomic mass is 9.33. The van der Waals surface area contributed by atoms with Crippen LogP contribution >= 0.6 is 0 Å². The van der Waals surface area contributed by atoms with Gasteiger partial charge < -0.3 is 5.73 Å². The van der Waals surface area contributed by atoms with E-state index in [1.807, 2.05) is 0 Å². The smallest absolute Gasteiger partial charge is 0.0191 e. The van der Waals surface area contributed by atoms with E-state index in [9.17, 15) is 0 Å². The highest BCUT2D eigenvalue weighted by Gasteiger charge is 2.69. The zero-order chi connectivity index (χ0) is 21.7. The highest BCUT2D eigenvalue weighted by molar-refractivity contribution is 5.24. The van der Waals surface area contributed by atoms with Crippen LogP contribution in [0.3, 0.4) is 0 Å². The molecule has 168 valence electrons. The Morgan fingerprint density at radius 2 is 1.60 bits per heavy atom. The summed E-state index contributed by atoms with van der Waals surface area (Å²) in [6.07, 6.45) is 17.1. The summed E-state index contributed by atoms with van der Waals surface area (Å²) in [4.78, 5) is 0. The van der Waals surface area contributed by atoms with E-state index in [-0.39, 0.29) is 5.54 Å². The van der Waals surface area contributed by atoms with Gasteiger partial charge in [0.15, 0.2) is 0 Å². The lowest BCUT2D eigenvalue weighted by Crippen LogP contribution is -2.67. The van der Waals surface area contributed by atoms with Crippen molar-refractivity contribution < 1.29 is 0 Å². The fraction of sp³-hybridized carbons (Fsp3) is 0.862. The zero-order valence-electron chi connectivity index (χ0n) is 20.7. The first-order chi connectivity index (χ1) is 13.9. The van der Waals surface area contributed by atoms with Crippen molar-refractivity contribution in [3.63, 3.8) is 0 Å². The van der Waals surface area contributed by atoms with Gasteiger partial charge in [0.05, 0.1) is 0 Å². The van der Waals surface area contributed by atoms with Crippen LogP contribution in [0.2, 0.25) is 0 Å². The molecule has 0 saturated heterocycles. The van der Waals surface area contributed by atoms with Crippen LogP contribution in [-0.4, -0.2) is 5.54 Å². The predicted molar refractivity (Wildman–Crippen MR) is 128 cm³/mol. The molecule has 0 aliphatic heterocycles. The SMILES string of the molecule is C=C(C)[C@@H]1CC[C@]2(N)CC[C@]3(C)[C@H](CC[C@@H]4[C@]5(C)CC=CC(C)(C)[C@H]5CC[C@]43C)[C@@H]12. The summed E-state index contributed by atoms with van der Waals surface area (Å²) in [5.41, 5.74) is 10.4. The molecule has 30 heavy (non-hydrogen) atoms. The first-order valence-electron chi connectivity index (χ1n) is 13.0. The zero-order valence-corrected chi connectivity index (χ0v) is 20.7. The van der Waals surface area contributed by atoms with Gasteiger partial charge in [0, 0.05) is 5.54 Å². The van der Waals surface area contributed by atoms with Crippen molar-refractivity contribution in [1.29, 1.82) is 0 Å². The third kappa shape index (κ3) is 2.45. The van der Waals surface area contributed by atoms with Gasteiger partial charge in [-0.15, -0.1) is 0 Å². The number of nitrogens with two attached hydrogens (primary N) is 1. The molecule has 5 rings (SSSR count). The molecule has 0 amide bonds. The van der Waals surface area contributed by atoms with Crippen LogP contribution in [0.25, 0.3) is 0 Å². The fourth-order valence-electron chi connectivity index (χ4n) is 10.8. The first-order valence-corrected chi connectivity index (χ1v) is 13.0. The summed E-state index contributed by atoms with van der Waals surface area (Å²) < 4.78 is 0. The topological polar surface area (TPSA) is 26.0 Å². The molecule has 4 fully saturated rings. The lowest BCUT2D eigenvalue weighted by Gasteiger charge is -2.72. The maximum Gasteiger partial charge on any atom is 0.0191 e. The molecule has 0 aromatic carbocycles. The van der Waals surface area contributed by atoms with E-state index in [1.54, 1.807) is 0 Å². The Bertz CT molecular complexity index is 777. The van der Waals surface area contributed by atoms with Gasteiger partial charge in [0.1, 0.15) is 0 Å². The predicted octanol–water partition coefficient (Wildman–Crippen LogP) is 7.52. The van der Waals surface area contributed by atoms with E-state index in [0.29, 0.717) is 33.5 Å². The minimum atomic E-state index is 0.0770. The Hall–Kier alpha value is -0.560. The standard InChI is InChI=1S/C29H47N/c1-19(2)20-11-16-29(30)18-17-27(6)21(24(20)29)9-10-23-26(5)14-8-13-25(3,4)22(26)12-15-28(23,27)7/h8,13,20-24H,1,9-12,14-18,30H2,2-7H3/t20-,21+,22+,23+,24+,26+,27+,28+,29-/m0/s1. The van der Waals surface area contributed by atoms with Crippen LogP contribution in [-0.2, 0) is 0 Å². The molecule has 5 aliphatic carbocycles. The minimum absolute atomic E-state index is 0.0770. The highest BCUT2D eigenvalue weighted by atomic mass is 14.8. The molecule has 0 heterocycles. The first kappa shape index (κ1) is 21.3. The van der Waals surface area contributed by atoms with Crippen molar-refractivity contribution in [3.05, 3.63) is 24.3 Å². The van der Waals surface area contributed by atoms with E-state index in [1.165, 1.54) is 63.4 Å². The molecule has 9 atom stereocenters. The molecule has 0 radical (unpaired) electrons. The molecule has 0 aromatic rings. The summed E-state index contributed by atoms with van der Waals surface area (Å²) in [6.45, 7) is 19.8. The van der Waals surface area contributed by atoms with Gasteiger partial charge >= 0.3 is 0 Å². The third-order valence-corrected chi connectivity index (χ3v) is 12.4. The van der Waals surface area contributed by atoms with Crippen molar-refractivity contribution in [2.45, 2.75) is 105 Å². The average molecular weight is 410 g/mol. The molecule has 1 nitrogen and oxygen atoms in total. The lowest BCUT2D eigenvalue weighted by molar-refractivity contribution is -0.218. The van der Waals surface area contributed by atoms with Crippen molar-refractivity contribution >= 4 is 0 Å². The average Bonchev–Trinajstić information content (AvgIpc) is 2.99. The van der Waals surface area contributed by atoms with Gasteiger partial charge in [0.25, 0.3) is 0 Å². The Kier molecular flexibility index (Phi) is 4.45. The molecule has 5 aliphatic rings. The summed E-state index contributed by atoms with van der Waals surface area (Å²) in [6, 6.07) is 0. The summed E-state index contributed by atoms with van der Waals surface area (Å²) in [7, 11) is 0. The second-order valence-electron chi connectivity index (χ2n) is 13.8. The molecule has 0 spiro atoms. The molecule has 0 bridgehead atoms. The molecule has 4 saturated carbocycles. The Morgan fingerprint density at radius 1 is 0.867 bits per heavy atom. The third-order valence-electron chi connectivity index (χ3n) is 12.4. The molecule has 2 N–H and O–H groups in total. The van der Waals surface area contributed by atoms with E-state index < -0.39 is 0 Å². The number of allylic oxidation sites excluding steroid dienone is 3. The number of fused-ring (bicyclic) bond motifs is 7. The fourth-order valence-corrected chi connectivity index (χ4v) is 10.8. The Balaban J connectivity index is 1.56. The maximum atomic E-state index is 7.19. The summed E-state index contributed by atoms with van der Waals surface area (Å²) >= 11 is 0. The van der Waals surface area contributed by atoms with E-state index in [2.05, 4.69) is 60.3 Å². The molecular formula is C29H47N. The molecule has 0 unspecified atom stereocenters. The normalized spacial score (nSPS) is 56.4. The van der Waals surface area contributed by atoms with Crippen LogP contribution in [0.5, 0.6) is 0 Å². The molecule has 0 aromatic heterocycles. The van der Waals surface area contributed by atoms with Crippen molar-refractivity contribution in [1.82, 2.24) is 0 Å². The Morgan fingerprint density at radius 3 is 2.30 bits per heavy atom. The highest BCUT2D eigenvalue weighted by Crippen LogP contribution is 2.75. The van der Waals surface area contributed by atoms with Crippen LogP contribution in [0.15, 0.2) is 24.3 Å². The second kappa shape index (κ2) is 6.27. The largest absolute Gasteiger partial charge is 0.325 e. The Labute approximate surface area is 186 Å². The molecule has 1 heteroatoms. The maximum absolute atomic E-state index is 7.19. The van der Waals surface area contributed by atoms with E-state index in [0.717, 1.165) is 17.8 Å². The van der Waals surface area contributed by atoms with E-state index in [4.69, 9.17) is 5.73 Å². The summed E-state index contributed by atoms with van der Waals surface area (Å²) in [5, 5.41) is 0. The van der Waals surface area contributed by atoms with Crippen LogP contribution in [0.1, 0.15) is 99.3 Å². The minimum Gasteiger partial charge on any atom is -0.325 e. The van der Waals surface area contributed by atoms with Crippen LogP contribution in [0.4, 0.5) is 0 Å². The van der Waals surface area contributed by atoms with Crippen molar-refractivity contribution in [3.8, 4) is 0 Å². The molecular weight excluding hydrogens is 362 g/mol. The van der Waals surface area contributed by atoms with Gasteiger partial charge in [-0.05, 0) is 116 Å². The monoisotopic (exact) mass is 409 g/mol. The van der Waals surface area contributed by atoms with Crippen LogP contribution < -0.4 is 5.73 Å². The van der Waals surface area contributed by atoms with Gasteiger partial charge in [0.2, 0.25) is 0 Å².